The minimum absolute atomic E-state index is 0.0738. The molecule has 1 fully saturated rings. The summed E-state index contributed by atoms with van der Waals surface area (Å²) in [6.07, 6.45) is 2.60. The number of halogens is 1. The molecule has 26 heavy (non-hydrogen) atoms. The first-order valence-corrected chi connectivity index (χ1v) is 9.13. The summed E-state index contributed by atoms with van der Waals surface area (Å²) in [7, 11) is 0. The van der Waals surface area contributed by atoms with Crippen LogP contribution in [-0.4, -0.2) is 28.5 Å². The van der Waals surface area contributed by atoms with Gasteiger partial charge in [0.1, 0.15) is 5.82 Å². The molecule has 0 bridgehead atoms. The van der Waals surface area contributed by atoms with Crippen molar-refractivity contribution in [3.63, 3.8) is 0 Å². The molecule has 0 unspecified atom stereocenters. The Balaban J connectivity index is 1.60. The molecular weight excluding hydrogens is 348 g/mol. The Labute approximate surface area is 156 Å². The zero-order chi connectivity index (χ0) is 17.9. The molecule has 1 aliphatic rings. The summed E-state index contributed by atoms with van der Waals surface area (Å²) in [5, 5.41) is 7.81. The van der Waals surface area contributed by atoms with Gasteiger partial charge in [0.05, 0.1) is 10.5 Å². The van der Waals surface area contributed by atoms with Crippen LogP contribution in [0.5, 0.6) is 0 Å². The maximum absolute atomic E-state index is 11.9. The molecule has 1 aromatic heterocycles. The summed E-state index contributed by atoms with van der Waals surface area (Å²) >= 11 is 6.31. The summed E-state index contributed by atoms with van der Waals surface area (Å²) in [6, 6.07) is 15.7. The first kappa shape index (κ1) is 16.8. The molecule has 132 valence electrons. The second kappa shape index (κ2) is 7.30. The van der Waals surface area contributed by atoms with Gasteiger partial charge < -0.3 is 10.6 Å². The molecule has 0 aliphatic heterocycles. The molecule has 0 radical (unpaired) electrons. The normalized spacial score (nSPS) is 13.6. The SMILES string of the molecule is O=C(CCNc1nc(-c2ccccc2Cl)nc2ccccc12)NC1CC1. The number of fused-ring (bicyclic) bond motifs is 1. The molecule has 3 aromatic rings. The van der Waals surface area contributed by atoms with E-state index in [1.165, 1.54) is 0 Å². The van der Waals surface area contributed by atoms with Crippen LogP contribution in [0.1, 0.15) is 19.3 Å². The third kappa shape index (κ3) is 3.78. The Bertz CT molecular complexity index is 955. The summed E-state index contributed by atoms with van der Waals surface area (Å²) in [4.78, 5) is 21.2. The Morgan fingerprint density at radius 2 is 1.85 bits per heavy atom. The number of hydrogen-bond donors (Lipinski definition) is 2. The molecule has 4 rings (SSSR count). The molecule has 1 aliphatic carbocycles. The summed E-state index contributed by atoms with van der Waals surface area (Å²) in [5.74, 6) is 1.36. The number of hydrogen-bond acceptors (Lipinski definition) is 4. The first-order chi connectivity index (χ1) is 12.7. The van der Waals surface area contributed by atoms with Crippen molar-refractivity contribution in [1.82, 2.24) is 15.3 Å². The molecule has 2 N–H and O–H groups in total. The van der Waals surface area contributed by atoms with Gasteiger partial charge in [-0.05, 0) is 37.1 Å². The first-order valence-electron chi connectivity index (χ1n) is 8.75. The molecule has 1 heterocycles. The van der Waals surface area contributed by atoms with E-state index in [9.17, 15) is 4.79 Å². The average molecular weight is 367 g/mol. The van der Waals surface area contributed by atoms with Crippen LogP contribution in [0.2, 0.25) is 5.02 Å². The molecule has 0 saturated heterocycles. The summed E-state index contributed by atoms with van der Waals surface area (Å²) in [6.45, 7) is 0.515. The van der Waals surface area contributed by atoms with E-state index in [1.807, 2.05) is 48.5 Å². The van der Waals surface area contributed by atoms with Crippen molar-refractivity contribution in [3.05, 3.63) is 53.6 Å². The van der Waals surface area contributed by atoms with Gasteiger partial charge >= 0.3 is 0 Å². The second-order valence-corrected chi connectivity index (χ2v) is 6.82. The van der Waals surface area contributed by atoms with Crippen molar-refractivity contribution in [3.8, 4) is 11.4 Å². The van der Waals surface area contributed by atoms with Gasteiger partial charge in [0.25, 0.3) is 0 Å². The van der Waals surface area contributed by atoms with Crippen molar-refractivity contribution < 1.29 is 4.79 Å². The fourth-order valence-electron chi connectivity index (χ4n) is 2.80. The average Bonchev–Trinajstić information content (AvgIpc) is 3.46. The number of rotatable bonds is 6. The van der Waals surface area contributed by atoms with Crippen molar-refractivity contribution in [2.75, 3.05) is 11.9 Å². The van der Waals surface area contributed by atoms with Gasteiger partial charge in [-0.2, -0.15) is 0 Å². The van der Waals surface area contributed by atoms with E-state index < -0.39 is 0 Å². The number of benzene rings is 2. The van der Waals surface area contributed by atoms with Crippen LogP contribution in [0.25, 0.3) is 22.3 Å². The van der Waals surface area contributed by atoms with Crippen molar-refractivity contribution in [2.45, 2.75) is 25.3 Å². The highest BCUT2D eigenvalue weighted by atomic mass is 35.5. The van der Waals surface area contributed by atoms with Crippen LogP contribution in [-0.2, 0) is 4.79 Å². The summed E-state index contributed by atoms with van der Waals surface area (Å²) < 4.78 is 0. The predicted molar refractivity (Wildman–Crippen MR) is 104 cm³/mol. The highest BCUT2D eigenvalue weighted by Crippen LogP contribution is 2.29. The van der Waals surface area contributed by atoms with Gasteiger partial charge in [-0.1, -0.05) is 35.9 Å². The largest absolute Gasteiger partial charge is 0.369 e. The van der Waals surface area contributed by atoms with Crippen molar-refractivity contribution in [2.24, 2.45) is 0 Å². The van der Waals surface area contributed by atoms with Crippen LogP contribution in [0, 0.1) is 0 Å². The van der Waals surface area contributed by atoms with E-state index in [1.54, 1.807) is 0 Å². The molecular formula is C20H19ClN4O. The van der Waals surface area contributed by atoms with E-state index in [0.29, 0.717) is 35.7 Å². The Morgan fingerprint density at radius 3 is 2.65 bits per heavy atom. The van der Waals surface area contributed by atoms with Crippen LogP contribution in [0.3, 0.4) is 0 Å². The smallest absolute Gasteiger partial charge is 0.221 e. The van der Waals surface area contributed by atoms with E-state index >= 15 is 0 Å². The van der Waals surface area contributed by atoms with Gasteiger partial charge in [-0.15, -0.1) is 0 Å². The Kier molecular flexibility index (Phi) is 4.71. The lowest BCUT2D eigenvalue weighted by molar-refractivity contribution is -0.120. The van der Waals surface area contributed by atoms with E-state index in [-0.39, 0.29) is 5.91 Å². The highest BCUT2D eigenvalue weighted by molar-refractivity contribution is 6.33. The van der Waals surface area contributed by atoms with Crippen LogP contribution in [0.4, 0.5) is 5.82 Å². The quantitative estimate of drug-likeness (QED) is 0.691. The second-order valence-electron chi connectivity index (χ2n) is 6.41. The Morgan fingerprint density at radius 1 is 1.08 bits per heavy atom. The number of para-hydroxylation sites is 1. The zero-order valence-electron chi connectivity index (χ0n) is 14.2. The van der Waals surface area contributed by atoms with Gasteiger partial charge in [0, 0.05) is 30.0 Å². The van der Waals surface area contributed by atoms with Crippen LogP contribution < -0.4 is 10.6 Å². The van der Waals surface area contributed by atoms with Gasteiger partial charge in [-0.25, -0.2) is 9.97 Å². The molecule has 1 amide bonds. The lowest BCUT2D eigenvalue weighted by atomic mass is 10.2. The topological polar surface area (TPSA) is 66.9 Å². The van der Waals surface area contributed by atoms with E-state index in [2.05, 4.69) is 20.6 Å². The Hall–Kier alpha value is -2.66. The number of aromatic nitrogens is 2. The number of carbonyl (C=O) groups excluding carboxylic acids is 1. The van der Waals surface area contributed by atoms with E-state index in [4.69, 9.17) is 11.6 Å². The standard InChI is InChI=1S/C20H19ClN4O/c21-16-7-3-1-5-14(16)20-24-17-8-4-2-6-15(17)19(25-20)22-12-11-18(26)23-13-9-10-13/h1-8,13H,9-12H2,(H,23,26)(H,22,24,25). The van der Waals surface area contributed by atoms with Crippen LogP contribution >= 0.6 is 11.6 Å². The van der Waals surface area contributed by atoms with Gasteiger partial charge in [-0.3, -0.25) is 4.79 Å². The third-order valence-corrected chi connectivity index (χ3v) is 4.63. The van der Waals surface area contributed by atoms with E-state index in [0.717, 1.165) is 29.3 Å². The van der Waals surface area contributed by atoms with Crippen molar-refractivity contribution in [1.29, 1.82) is 0 Å². The monoisotopic (exact) mass is 366 g/mol. The highest BCUT2D eigenvalue weighted by Gasteiger charge is 2.22. The maximum atomic E-state index is 11.9. The van der Waals surface area contributed by atoms with Gasteiger partial charge in [0.2, 0.25) is 5.91 Å². The molecule has 5 nitrogen and oxygen atoms in total. The molecule has 0 spiro atoms. The molecule has 0 atom stereocenters. The zero-order valence-corrected chi connectivity index (χ0v) is 15.0. The minimum Gasteiger partial charge on any atom is -0.369 e. The number of nitrogens with one attached hydrogen (secondary N) is 2. The number of anilines is 1. The van der Waals surface area contributed by atoms with Crippen LogP contribution in [0.15, 0.2) is 48.5 Å². The fourth-order valence-corrected chi connectivity index (χ4v) is 3.02. The maximum Gasteiger partial charge on any atom is 0.221 e. The minimum atomic E-state index is 0.0738. The summed E-state index contributed by atoms with van der Waals surface area (Å²) in [5.41, 5.74) is 1.62. The van der Waals surface area contributed by atoms with Crippen molar-refractivity contribution >= 4 is 34.2 Å². The lowest BCUT2D eigenvalue weighted by Gasteiger charge is -2.11. The number of nitrogens with zero attached hydrogens (tertiary/aromatic N) is 2. The lowest BCUT2D eigenvalue weighted by Crippen LogP contribution is -2.27. The molecule has 1 saturated carbocycles. The predicted octanol–water partition coefficient (Wildman–Crippen LogP) is 4.03. The fraction of sp³-hybridized carbons (Fsp3) is 0.250. The van der Waals surface area contributed by atoms with Gasteiger partial charge in [0.15, 0.2) is 5.82 Å². The number of amides is 1. The number of carbonyl (C=O) groups is 1. The molecule has 6 heteroatoms. The third-order valence-electron chi connectivity index (χ3n) is 4.30. The molecule has 2 aromatic carbocycles.